The van der Waals surface area contributed by atoms with E-state index in [-0.39, 0.29) is 25.5 Å². The molecule has 0 aliphatic carbocycles. The van der Waals surface area contributed by atoms with Crippen LogP contribution in [0.4, 0.5) is 10.5 Å². The van der Waals surface area contributed by atoms with Gasteiger partial charge in [-0.2, -0.15) is 0 Å². The Morgan fingerprint density at radius 2 is 1.97 bits per heavy atom. The Kier molecular flexibility index (Phi) is 5.96. The molecule has 2 atom stereocenters. The van der Waals surface area contributed by atoms with Crippen LogP contribution in [0, 0.1) is 0 Å². The van der Waals surface area contributed by atoms with Crippen molar-refractivity contribution in [2.75, 3.05) is 11.9 Å². The number of nitrogens with one attached hydrogen (secondary N) is 1. The van der Waals surface area contributed by atoms with Gasteiger partial charge in [-0.3, -0.25) is 14.7 Å². The lowest BCUT2D eigenvalue weighted by molar-refractivity contribution is -0.120. The van der Waals surface area contributed by atoms with Crippen LogP contribution < -0.4 is 5.32 Å². The second kappa shape index (κ2) is 9.15. The van der Waals surface area contributed by atoms with Crippen molar-refractivity contribution in [3.05, 3.63) is 82.9 Å². The van der Waals surface area contributed by atoms with Crippen molar-refractivity contribution in [2.45, 2.75) is 25.1 Å². The third-order valence-electron chi connectivity index (χ3n) is 5.13. The molecule has 0 saturated carbocycles. The zero-order valence-electron chi connectivity index (χ0n) is 16.6. The standard InChI is InChI=1S/C22H20N6O3/c23-27-26-17-12-19(28(13-17)22(30)31-14-15-6-2-1-3-7-15)21(29)25-18-10-4-8-16-9-5-11-24-20(16)18/h1-11,17,19H,12-14H2,(H,25,29)/t17-,19-/m0/s1. The number of hydrogen-bond donors (Lipinski definition) is 1. The average Bonchev–Trinajstić information content (AvgIpc) is 3.23. The summed E-state index contributed by atoms with van der Waals surface area (Å²) >= 11 is 0. The lowest BCUT2D eigenvalue weighted by Gasteiger charge is -2.23. The quantitative estimate of drug-likeness (QED) is 0.379. The van der Waals surface area contributed by atoms with E-state index >= 15 is 0 Å². The Balaban J connectivity index is 1.51. The highest BCUT2D eigenvalue weighted by Gasteiger charge is 2.40. The van der Waals surface area contributed by atoms with Gasteiger partial charge in [0.15, 0.2) is 0 Å². The molecule has 0 spiro atoms. The molecule has 2 aromatic carbocycles. The fraction of sp³-hybridized carbons (Fsp3) is 0.227. The first-order valence-corrected chi connectivity index (χ1v) is 9.82. The molecule has 1 aliphatic heterocycles. The Morgan fingerprint density at radius 1 is 1.16 bits per heavy atom. The SMILES string of the molecule is [N-]=[N+]=N[C@H]1C[C@@H](C(=O)Nc2cccc3cccnc23)N(C(=O)OCc2ccccc2)C1. The van der Waals surface area contributed by atoms with Gasteiger partial charge < -0.3 is 10.1 Å². The summed E-state index contributed by atoms with van der Waals surface area (Å²) in [4.78, 5) is 34.3. The largest absolute Gasteiger partial charge is 0.445 e. The summed E-state index contributed by atoms with van der Waals surface area (Å²) < 4.78 is 5.40. The number of pyridine rings is 1. The third-order valence-corrected chi connectivity index (χ3v) is 5.13. The van der Waals surface area contributed by atoms with E-state index in [0.29, 0.717) is 11.2 Å². The highest BCUT2D eigenvalue weighted by molar-refractivity contribution is 6.03. The van der Waals surface area contributed by atoms with Gasteiger partial charge in [0.05, 0.1) is 17.2 Å². The number of para-hydroxylation sites is 1. The minimum Gasteiger partial charge on any atom is -0.445 e. The lowest BCUT2D eigenvalue weighted by Crippen LogP contribution is -2.43. The predicted molar refractivity (Wildman–Crippen MR) is 115 cm³/mol. The number of fused-ring (bicyclic) bond motifs is 1. The number of aromatic nitrogens is 1. The lowest BCUT2D eigenvalue weighted by atomic mass is 10.1. The molecule has 31 heavy (non-hydrogen) atoms. The van der Waals surface area contributed by atoms with Crippen LogP contribution in [0.25, 0.3) is 21.3 Å². The summed E-state index contributed by atoms with van der Waals surface area (Å²) in [6.07, 6.45) is 1.24. The van der Waals surface area contributed by atoms with Crippen molar-refractivity contribution >= 4 is 28.6 Å². The Labute approximate surface area is 178 Å². The fourth-order valence-corrected chi connectivity index (χ4v) is 3.64. The average molecular weight is 416 g/mol. The maximum Gasteiger partial charge on any atom is 0.410 e. The highest BCUT2D eigenvalue weighted by atomic mass is 16.6. The second-order valence-corrected chi connectivity index (χ2v) is 7.17. The van der Waals surface area contributed by atoms with Gasteiger partial charge in [0.1, 0.15) is 12.6 Å². The summed E-state index contributed by atoms with van der Waals surface area (Å²) in [5.41, 5.74) is 10.8. The first kappa shape index (κ1) is 20.2. The first-order chi connectivity index (χ1) is 15.2. The van der Waals surface area contributed by atoms with Crippen molar-refractivity contribution < 1.29 is 14.3 Å². The van der Waals surface area contributed by atoms with E-state index in [1.165, 1.54) is 4.90 Å². The zero-order chi connectivity index (χ0) is 21.6. The summed E-state index contributed by atoms with van der Waals surface area (Å²) in [5, 5.41) is 7.45. The monoisotopic (exact) mass is 416 g/mol. The molecule has 0 unspecified atom stereocenters. The van der Waals surface area contributed by atoms with E-state index in [4.69, 9.17) is 10.3 Å². The molecule has 1 saturated heterocycles. The summed E-state index contributed by atoms with van der Waals surface area (Å²) in [7, 11) is 0. The molecule has 4 rings (SSSR count). The molecule has 156 valence electrons. The molecule has 9 nitrogen and oxygen atoms in total. The van der Waals surface area contributed by atoms with E-state index < -0.39 is 18.2 Å². The Bertz CT molecular complexity index is 1140. The minimum atomic E-state index is -0.822. The van der Waals surface area contributed by atoms with E-state index in [1.807, 2.05) is 54.6 Å². The normalized spacial score (nSPS) is 17.7. The van der Waals surface area contributed by atoms with Crippen molar-refractivity contribution in [1.29, 1.82) is 0 Å². The van der Waals surface area contributed by atoms with Crippen LogP contribution in [0.15, 0.2) is 72.0 Å². The fourth-order valence-electron chi connectivity index (χ4n) is 3.64. The molecule has 0 bridgehead atoms. The number of rotatable bonds is 5. The van der Waals surface area contributed by atoms with E-state index in [0.717, 1.165) is 10.9 Å². The molecule has 3 aromatic rings. The van der Waals surface area contributed by atoms with E-state index in [2.05, 4.69) is 20.3 Å². The maximum atomic E-state index is 13.1. The van der Waals surface area contributed by atoms with Crippen LogP contribution in [0.1, 0.15) is 12.0 Å². The number of ether oxygens (including phenoxy) is 1. The molecule has 9 heteroatoms. The molecular formula is C22H20N6O3. The number of azide groups is 1. The van der Waals surface area contributed by atoms with Crippen molar-refractivity contribution in [3.8, 4) is 0 Å². The molecule has 2 heterocycles. The first-order valence-electron chi connectivity index (χ1n) is 9.82. The van der Waals surface area contributed by atoms with Gasteiger partial charge in [-0.1, -0.05) is 53.6 Å². The van der Waals surface area contributed by atoms with Crippen molar-refractivity contribution in [1.82, 2.24) is 9.88 Å². The van der Waals surface area contributed by atoms with Gasteiger partial charge in [0.2, 0.25) is 5.91 Å². The van der Waals surface area contributed by atoms with Gasteiger partial charge in [-0.05, 0) is 29.6 Å². The van der Waals surface area contributed by atoms with Gasteiger partial charge in [0, 0.05) is 23.0 Å². The van der Waals surface area contributed by atoms with Crippen LogP contribution in [-0.2, 0) is 16.1 Å². The van der Waals surface area contributed by atoms with Crippen molar-refractivity contribution in [3.63, 3.8) is 0 Å². The molecule has 2 amide bonds. The molecule has 1 fully saturated rings. The van der Waals surface area contributed by atoms with Crippen LogP contribution >= 0.6 is 0 Å². The number of amides is 2. The number of likely N-dealkylation sites (tertiary alicyclic amines) is 1. The van der Waals surface area contributed by atoms with Crippen LogP contribution in [0.3, 0.4) is 0 Å². The predicted octanol–water partition coefficient (Wildman–Crippen LogP) is 4.26. The summed E-state index contributed by atoms with van der Waals surface area (Å²) in [5.74, 6) is -0.384. The van der Waals surface area contributed by atoms with Crippen molar-refractivity contribution in [2.24, 2.45) is 5.11 Å². The number of anilines is 1. The van der Waals surface area contributed by atoms with Crippen LogP contribution in [-0.4, -0.2) is 40.5 Å². The number of benzene rings is 2. The van der Waals surface area contributed by atoms with Crippen LogP contribution in [0.2, 0.25) is 0 Å². The van der Waals surface area contributed by atoms with Gasteiger partial charge >= 0.3 is 6.09 Å². The number of carbonyl (C=O) groups excluding carboxylic acids is 2. The van der Waals surface area contributed by atoms with E-state index in [1.54, 1.807) is 12.3 Å². The molecule has 0 radical (unpaired) electrons. The molecular weight excluding hydrogens is 396 g/mol. The smallest absolute Gasteiger partial charge is 0.410 e. The second-order valence-electron chi connectivity index (χ2n) is 7.17. The minimum absolute atomic E-state index is 0.0872. The molecule has 1 aromatic heterocycles. The van der Waals surface area contributed by atoms with Gasteiger partial charge in [-0.25, -0.2) is 4.79 Å². The van der Waals surface area contributed by atoms with E-state index in [9.17, 15) is 9.59 Å². The van der Waals surface area contributed by atoms with Gasteiger partial charge in [0.25, 0.3) is 0 Å². The summed E-state index contributed by atoms with van der Waals surface area (Å²) in [6, 6.07) is 17.1. The Hall–Kier alpha value is -4.10. The number of hydrogen-bond acceptors (Lipinski definition) is 5. The number of nitrogens with zero attached hydrogens (tertiary/aromatic N) is 5. The molecule has 1 N–H and O–H groups in total. The third kappa shape index (κ3) is 4.57. The Morgan fingerprint density at radius 3 is 2.77 bits per heavy atom. The highest BCUT2D eigenvalue weighted by Crippen LogP contribution is 2.26. The van der Waals surface area contributed by atoms with Crippen LogP contribution in [0.5, 0.6) is 0 Å². The summed E-state index contributed by atoms with van der Waals surface area (Å²) in [6.45, 7) is 0.202. The maximum absolute atomic E-state index is 13.1. The zero-order valence-corrected chi connectivity index (χ0v) is 16.6. The number of carbonyl (C=O) groups is 2. The topological polar surface area (TPSA) is 120 Å². The molecule has 1 aliphatic rings. The van der Waals surface area contributed by atoms with Gasteiger partial charge in [-0.15, -0.1) is 0 Å².